The van der Waals surface area contributed by atoms with Crippen LogP contribution in [0.15, 0.2) is 28.1 Å². The SMILES string of the molecule is Cc1noc(C)c1CCC(=O)Nc1nc(-c2ccc3c(c2)OCCO3)cs1. The van der Waals surface area contributed by atoms with E-state index in [4.69, 9.17) is 14.0 Å². The molecule has 140 valence electrons. The third kappa shape index (κ3) is 3.80. The van der Waals surface area contributed by atoms with Crippen LogP contribution in [0.1, 0.15) is 23.4 Å². The van der Waals surface area contributed by atoms with Gasteiger partial charge in [-0.15, -0.1) is 11.3 Å². The van der Waals surface area contributed by atoms with Gasteiger partial charge >= 0.3 is 0 Å². The zero-order chi connectivity index (χ0) is 18.8. The maximum Gasteiger partial charge on any atom is 0.226 e. The van der Waals surface area contributed by atoms with Crippen LogP contribution >= 0.6 is 11.3 Å². The van der Waals surface area contributed by atoms with E-state index in [9.17, 15) is 4.79 Å². The molecule has 0 fully saturated rings. The minimum Gasteiger partial charge on any atom is -0.486 e. The van der Waals surface area contributed by atoms with E-state index in [1.165, 1.54) is 11.3 Å². The number of nitrogens with one attached hydrogen (secondary N) is 1. The van der Waals surface area contributed by atoms with Gasteiger partial charge in [-0.3, -0.25) is 4.79 Å². The van der Waals surface area contributed by atoms with Gasteiger partial charge in [0.2, 0.25) is 5.91 Å². The molecule has 0 saturated heterocycles. The number of nitrogens with zero attached hydrogens (tertiary/aromatic N) is 2. The van der Waals surface area contributed by atoms with Crippen LogP contribution in [0.2, 0.25) is 0 Å². The molecule has 27 heavy (non-hydrogen) atoms. The van der Waals surface area contributed by atoms with Crippen molar-refractivity contribution < 1.29 is 18.8 Å². The largest absolute Gasteiger partial charge is 0.486 e. The van der Waals surface area contributed by atoms with Crippen LogP contribution in [0.4, 0.5) is 5.13 Å². The molecule has 1 N–H and O–H groups in total. The summed E-state index contributed by atoms with van der Waals surface area (Å²) in [5.74, 6) is 2.14. The number of rotatable bonds is 5. The Hall–Kier alpha value is -2.87. The van der Waals surface area contributed by atoms with E-state index in [0.29, 0.717) is 31.2 Å². The van der Waals surface area contributed by atoms with Gasteiger partial charge in [0.25, 0.3) is 0 Å². The number of hydrogen-bond acceptors (Lipinski definition) is 7. The third-order valence-electron chi connectivity index (χ3n) is 4.37. The first-order chi connectivity index (χ1) is 13.1. The first kappa shape index (κ1) is 17.5. The molecular weight excluding hydrogens is 366 g/mol. The second kappa shape index (κ2) is 7.40. The highest BCUT2D eigenvalue weighted by Crippen LogP contribution is 2.35. The first-order valence-electron chi connectivity index (χ1n) is 8.67. The fourth-order valence-corrected chi connectivity index (χ4v) is 3.68. The molecule has 8 heteroatoms. The Morgan fingerprint density at radius 2 is 2.04 bits per heavy atom. The van der Waals surface area contributed by atoms with E-state index in [2.05, 4.69) is 15.5 Å². The number of fused-ring (bicyclic) bond motifs is 1. The molecule has 1 aliphatic rings. The average Bonchev–Trinajstić information content (AvgIpc) is 3.26. The van der Waals surface area contributed by atoms with Gasteiger partial charge in [-0.2, -0.15) is 0 Å². The van der Waals surface area contributed by atoms with Crippen LogP contribution in [-0.4, -0.2) is 29.3 Å². The number of carbonyl (C=O) groups is 1. The maximum absolute atomic E-state index is 12.2. The van der Waals surface area contributed by atoms with Gasteiger partial charge in [-0.1, -0.05) is 5.16 Å². The predicted octanol–water partition coefficient (Wildman–Crippen LogP) is 3.76. The summed E-state index contributed by atoms with van der Waals surface area (Å²) < 4.78 is 16.3. The van der Waals surface area contributed by atoms with Gasteiger partial charge in [-0.05, 0) is 38.5 Å². The zero-order valence-electron chi connectivity index (χ0n) is 15.1. The second-order valence-electron chi connectivity index (χ2n) is 6.25. The lowest BCUT2D eigenvalue weighted by Gasteiger charge is -2.18. The minimum absolute atomic E-state index is 0.0851. The van der Waals surface area contributed by atoms with E-state index in [0.717, 1.165) is 39.8 Å². The maximum atomic E-state index is 12.2. The van der Waals surface area contributed by atoms with E-state index >= 15 is 0 Å². The Balaban J connectivity index is 1.40. The van der Waals surface area contributed by atoms with Crippen LogP contribution in [0, 0.1) is 13.8 Å². The number of anilines is 1. The molecule has 0 unspecified atom stereocenters. The molecule has 1 aromatic carbocycles. The lowest BCUT2D eigenvalue weighted by Crippen LogP contribution is -2.15. The Morgan fingerprint density at radius 1 is 1.22 bits per heavy atom. The van der Waals surface area contributed by atoms with Crippen molar-refractivity contribution in [1.82, 2.24) is 10.1 Å². The summed E-state index contributed by atoms with van der Waals surface area (Å²) in [5, 5.41) is 9.25. The molecule has 4 rings (SSSR count). The third-order valence-corrected chi connectivity index (χ3v) is 5.13. The van der Waals surface area contributed by atoms with Crippen LogP contribution in [0.3, 0.4) is 0 Å². The van der Waals surface area contributed by atoms with Crippen molar-refractivity contribution in [2.24, 2.45) is 0 Å². The van der Waals surface area contributed by atoms with Crippen molar-refractivity contribution in [3.05, 3.63) is 40.6 Å². The van der Waals surface area contributed by atoms with Gasteiger partial charge < -0.3 is 19.3 Å². The van der Waals surface area contributed by atoms with Crippen LogP contribution < -0.4 is 14.8 Å². The summed E-state index contributed by atoms with van der Waals surface area (Å²) in [6, 6.07) is 5.73. The lowest BCUT2D eigenvalue weighted by atomic mass is 10.1. The van der Waals surface area contributed by atoms with Crippen molar-refractivity contribution in [3.63, 3.8) is 0 Å². The molecule has 1 aliphatic heterocycles. The molecule has 0 aliphatic carbocycles. The molecule has 0 saturated carbocycles. The number of aryl methyl sites for hydroxylation is 2. The number of amides is 1. The summed E-state index contributed by atoms with van der Waals surface area (Å²) in [5.41, 5.74) is 3.53. The number of aromatic nitrogens is 2. The summed E-state index contributed by atoms with van der Waals surface area (Å²) >= 11 is 1.39. The smallest absolute Gasteiger partial charge is 0.226 e. The molecule has 2 aromatic heterocycles. The molecule has 0 spiro atoms. The van der Waals surface area contributed by atoms with E-state index in [-0.39, 0.29) is 5.91 Å². The number of hydrogen-bond donors (Lipinski definition) is 1. The summed E-state index contributed by atoms with van der Waals surface area (Å²) in [4.78, 5) is 16.7. The summed E-state index contributed by atoms with van der Waals surface area (Å²) in [6.07, 6.45) is 0.940. The van der Waals surface area contributed by atoms with Gasteiger partial charge in [0.1, 0.15) is 19.0 Å². The van der Waals surface area contributed by atoms with Crippen molar-refractivity contribution >= 4 is 22.4 Å². The summed E-state index contributed by atoms with van der Waals surface area (Å²) in [6.45, 7) is 4.84. The lowest BCUT2D eigenvalue weighted by molar-refractivity contribution is -0.116. The van der Waals surface area contributed by atoms with Crippen LogP contribution in [0.5, 0.6) is 11.5 Å². The second-order valence-corrected chi connectivity index (χ2v) is 7.11. The monoisotopic (exact) mass is 385 g/mol. The van der Waals surface area contributed by atoms with Crippen molar-refractivity contribution in [1.29, 1.82) is 0 Å². The topological polar surface area (TPSA) is 86.5 Å². The molecule has 1 amide bonds. The number of carbonyl (C=O) groups excluding carboxylic acids is 1. The van der Waals surface area contributed by atoms with Crippen molar-refractivity contribution in [3.8, 4) is 22.8 Å². The van der Waals surface area contributed by atoms with Crippen LogP contribution in [0.25, 0.3) is 11.3 Å². The molecule has 0 atom stereocenters. The average molecular weight is 385 g/mol. The first-order valence-corrected chi connectivity index (χ1v) is 9.55. The van der Waals surface area contributed by atoms with Crippen molar-refractivity contribution in [2.45, 2.75) is 26.7 Å². The normalized spacial score (nSPS) is 12.8. The standard InChI is InChI=1S/C19H19N3O4S/c1-11-14(12(2)26-22-11)4-6-18(23)21-19-20-15(10-27-19)13-3-5-16-17(9-13)25-8-7-24-16/h3,5,9-10H,4,6-8H2,1-2H3,(H,20,21,23). The van der Waals surface area contributed by atoms with E-state index in [1.54, 1.807) is 0 Å². The summed E-state index contributed by atoms with van der Waals surface area (Å²) in [7, 11) is 0. The molecule has 0 radical (unpaired) electrons. The number of thiazole rings is 1. The van der Waals surface area contributed by atoms with Gasteiger partial charge in [-0.25, -0.2) is 4.98 Å². The van der Waals surface area contributed by atoms with Crippen LogP contribution in [-0.2, 0) is 11.2 Å². The zero-order valence-corrected chi connectivity index (χ0v) is 15.9. The number of benzene rings is 1. The fraction of sp³-hybridized carbons (Fsp3) is 0.316. The van der Waals surface area contributed by atoms with Gasteiger partial charge in [0.15, 0.2) is 16.6 Å². The Bertz CT molecular complexity index is 960. The Morgan fingerprint density at radius 3 is 2.81 bits per heavy atom. The Labute approximate surface area is 160 Å². The predicted molar refractivity (Wildman–Crippen MR) is 101 cm³/mol. The highest BCUT2D eigenvalue weighted by Gasteiger charge is 2.15. The fourth-order valence-electron chi connectivity index (χ4n) is 2.95. The van der Waals surface area contributed by atoms with Gasteiger partial charge in [0, 0.05) is 22.9 Å². The van der Waals surface area contributed by atoms with Crippen molar-refractivity contribution in [2.75, 3.05) is 18.5 Å². The molecule has 7 nitrogen and oxygen atoms in total. The molecule has 3 heterocycles. The molecule has 0 bridgehead atoms. The Kier molecular flexibility index (Phi) is 4.81. The highest BCUT2D eigenvalue weighted by molar-refractivity contribution is 7.14. The van der Waals surface area contributed by atoms with E-state index < -0.39 is 0 Å². The van der Waals surface area contributed by atoms with Gasteiger partial charge in [0.05, 0.1) is 11.4 Å². The number of ether oxygens (including phenoxy) is 2. The minimum atomic E-state index is -0.0851. The highest BCUT2D eigenvalue weighted by atomic mass is 32.1. The molecular formula is C19H19N3O4S. The quantitative estimate of drug-likeness (QED) is 0.720. The molecule has 3 aromatic rings. The van der Waals surface area contributed by atoms with E-state index in [1.807, 2.05) is 37.4 Å².